The molecule has 0 unspecified atom stereocenters. The molecule has 1 heterocycles. The Kier molecular flexibility index (Phi) is 4.85. The van der Waals surface area contributed by atoms with Gasteiger partial charge in [-0.1, -0.05) is 60.7 Å². The summed E-state index contributed by atoms with van der Waals surface area (Å²) in [6, 6.07) is 28.0. The summed E-state index contributed by atoms with van der Waals surface area (Å²) < 4.78 is 0. The third kappa shape index (κ3) is 3.05. The van der Waals surface area contributed by atoms with Gasteiger partial charge in [-0.15, -0.1) is 12.4 Å². The van der Waals surface area contributed by atoms with Crippen LogP contribution in [0.15, 0.2) is 72.8 Å². The second-order valence-electron chi connectivity index (χ2n) is 8.17. The molecule has 150 valence electrons. The van der Waals surface area contributed by atoms with Crippen molar-refractivity contribution in [1.82, 2.24) is 4.98 Å². The molecule has 0 spiro atoms. The van der Waals surface area contributed by atoms with E-state index in [-0.39, 0.29) is 12.4 Å². The van der Waals surface area contributed by atoms with Crippen molar-refractivity contribution in [3.8, 4) is 17.3 Å². The number of hydrogen-bond acceptors (Lipinski definition) is 2. The number of aromatic nitrogens is 1. The molecule has 31 heavy (non-hydrogen) atoms. The molecule has 0 atom stereocenters. The minimum atomic E-state index is 0. The fourth-order valence-electron chi connectivity index (χ4n) is 5.08. The maximum atomic E-state index is 9.77. The maximum absolute atomic E-state index is 9.77. The van der Waals surface area contributed by atoms with Crippen molar-refractivity contribution in [3.05, 3.63) is 89.6 Å². The number of fused-ring (bicyclic) bond motifs is 6. The first kappa shape index (κ1) is 19.5. The predicted molar refractivity (Wildman–Crippen MR) is 131 cm³/mol. The molecule has 0 radical (unpaired) electrons. The highest BCUT2D eigenvalue weighted by Crippen LogP contribution is 2.40. The standard InChI is InChI=1S/C28H20N2.ClH/c29-17-27-22-11-5-3-9-20(22)16-26(30-27)25-15-19-8-2-4-10-21(19)24-14-13-18-7-1-6-12-23(18)28(24)25;/h2-5,8-11,13-16H,1,6-7,12H2;1H. The van der Waals surface area contributed by atoms with Gasteiger partial charge < -0.3 is 0 Å². The van der Waals surface area contributed by atoms with Gasteiger partial charge in [-0.3, -0.25) is 0 Å². The van der Waals surface area contributed by atoms with E-state index in [0.29, 0.717) is 5.69 Å². The lowest BCUT2D eigenvalue weighted by molar-refractivity contribution is 0.690. The van der Waals surface area contributed by atoms with Crippen molar-refractivity contribution in [2.75, 3.05) is 0 Å². The second-order valence-corrected chi connectivity index (χ2v) is 8.17. The number of halogens is 1. The van der Waals surface area contributed by atoms with Gasteiger partial charge in [0.25, 0.3) is 0 Å². The molecule has 1 aliphatic rings. The predicted octanol–water partition coefficient (Wildman–Crippen LogP) is 7.38. The van der Waals surface area contributed by atoms with Crippen LogP contribution < -0.4 is 0 Å². The van der Waals surface area contributed by atoms with E-state index in [9.17, 15) is 5.26 Å². The molecule has 0 saturated carbocycles. The normalized spacial score (nSPS) is 13.0. The Bertz CT molecular complexity index is 1510. The van der Waals surface area contributed by atoms with Gasteiger partial charge in [-0.05, 0) is 75.9 Å². The Balaban J connectivity index is 0.00000204. The lowest BCUT2D eigenvalue weighted by Crippen LogP contribution is -2.04. The van der Waals surface area contributed by atoms with Crippen LogP contribution in [0.4, 0.5) is 0 Å². The Labute approximate surface area is 187 Å². The number of nitriles is 1. The largest absolute Gasteiger partial charge is 0.236 e. The molecular formula is C28H21ClN2. The van der Waals surface area contributed by atoms with Crippen LogP contribution in [0.1, 0.15) is 29.7 Å². The summed E-state index contributed by atoms with van der Waals surface area (Å²) >= 11 is 0. The van der Waals surface area contributed by atoms with Gasteiger partial charge in [0, 0.05) is 10.9 Å². The van der Waals surface area contributed by atoms with Gasteiger partial charge in [0.2, 0.25) is 0 Å². The second kappa shape index (κ2) is 7.69. The summed E-state index contributed by atoms with van der Waals surface area (Å²) in [5.74, 6) is 0. The van der Waals surface area contributed by atoms with E-state index in [2.05, 4.69) is 60.7 Å². The first-order valence-electron chi connectivity index (χ1n) is 10.6. The molecule has 0 aliphatic heterocycles. The van der Waals surface area contributed by atoms with Crippen molar-refractivity contribution >= 4 is 44.7 Å². The van der Waals surface area contributed by atoms with E-state index < -0.39 is 0 Å². The smallest absolute Gasteiger partial charge is 0.148 e. The van der Waals surface area contributed by atoms with Crippen molar-refractivity contribution in [1.29, 1.82) is 5.26 Å². The Morgan fingerprint density at radius 3 is 2.26 bits per heavy atom. The van der Waals surface area contributed by atoms with E-state index in [1.54, 1.807) is 0 Å². The summed E-state index contributed by atoms with van der Waals surface area (Å²) in [4.78, 5) is 4.83. The highest BCUT2D eigenvalue weighted by atomic mass is 35.5. The molecule has 0 bridgehead atoms. The molecule has 6 rings (SSSR count). The third-order valence-electron chi connectivity index (χ3n) is 6.48. The summed E-state index contributed by atoms with van der Waals surface area (Å²) in [5, 5.41) is 16.8. The monoisotopic (exact) mass is 420 g/mol. The lowest BCUT2D eigenvalue weighted by Gasteiger charge is -2.21. The minimum absolute atomic E-state index is 0. The molecule has 0 N–H and O–H groups in total. The molecule has 0 fully saturated rings. The van der Waals surface area contributed by atoms with E-state index >= 15 is 0 Å². The number of benzene rings is 4. The molecule has 1 aliphatic carbocycles. The fraction of sp³-hybridized carbons (Fsp3) is 0.143. The topological polar surface area (TPSA) is 36.7 Å². The SMILES string of the molecule is Cl.N#Cc1nc(-c2cc3ccccc3c3ccc4c(c23)CCCC4)cc2ccccc12. The zero-order valence-electron chi connectivity index (χ0n) is 17.1. The van der Waals surface area contributed by atoms with Crippen molar-refractivity contribution in [3.63, 3.8) is 0 Å². The van der Waals surface area contributed by atoms with Crippen molar-refractivity contribution in [2.45, 2.75) is 25.7 Å². The molecule has 0 saturated heterocycles. The number of rotatable bonds is 1. The van der Waals surface area contributed by atoms with Crippen LogP contribution in [0.25, 0.3) is 43.6 Å². The van der Waals surface area contributed by atoms with E-state index in [0.717, 1.165) is 34.9 Å². The third-order valence-corrected chi connectivity index (χ3v) is 6.48. The quantitative estimate of drug-likeness (QED) is 0.265. The highest BCUT2D eigenvalue weighted by Gasteiger charge is 2.19. The van der Waals surface area contributed by atoms with Crippen LogP contribution in [0, 0.1) is 11.3 Å². The van der Waals surface area contributed by atoms with Crippen molar-refractivity contribution in [2.24, 2.45) is 0 Å². The summed E-state index contributed by atoms with van der Waals surface area (Å²) in [6.07, 6.45) is 4.74. The van der Waals surface area contributed by atoms with Gasteiger partial charge in [0.15, 0.2) is 0 Å². The molecule has 1 aromatic heterocycles. The Morgan fingerprint density at radius 2 is 1.45 bits per heavy atom. The number of nitrogens with zero attached hydrogens (tertiary/aromatic N) is 2. The van der Waals surface area contributed by atoms with Crippen LogP contribution in [0.5, 0.6) is 0 Å². The summed E-state index contributed by atoms with van der Waals surface area (Å²) in [6.45, 7) is 0. The Morgan fingerprint density at radius 1 is 0.742 bits per heavy atom. The molecule has 0 amide bonds. The zero-order chi connectivity index (χ0) is 20.1. The number of pyridine rings is 1. The first-order chi connectivity index (χ1) is 14.8. The van der Waals surface area contributed by atoms with Gasteiger partial charge >= 0.3 is 0 Å². The van der Waals surface area contributed by atoms with Gasteiger partial charge in [-0.25, -0.2) is 4.98 Å². The van der Waals surface area contributed by atoms with Gasteiger partial charge in [0.1, 0.15) is 11.8 Å². The average molecular weight is 421 g/mol. The molecule has 2 nitrogen and oxygen atoms in total. The molecule has 5 aromatic rings. The van der Waals surface area contributed by atoms with Crippen LogP contribution in [0.3, 0.4) is 0 Å². The van der Waals surface area contributed by atoms with Crippen LogP contribution in [-0.2, 0) is 12.8 Å². The summed E-state index contributed by atoms with van der Waals surface area (Å²) in [7, 11) is 0. The number of aryl methyl sites for hydroxylation is 2. The highest BCUT2D eigenvalue weighted by molar-refractivity contribution is 6.15. The van der Waals surface area contributed by atoms with E-state index in [4.69, 9.17) is 4.98 Å². The number of hydrogen-bond donors (Lipinski definition) is 0. The van der Waals surface area contributed by atoms with Crippen LogP contribution in [0.2, 0.25) is 0 Å². The Hall–Kier alpha value is -3.41. The minimum Gasteiger partial charge on any atom is -0.236 e. The molecule has 3 heteroatoms. The van der Waals surface area contributed by atoms with E-state index in [1.807, 2.05) is 18.2 Å². The zero-order valence-corrected chi connectivity index (χ0v) is 17.9. The van der Waals surface area contributed by atoms with Gasteiger partial charge in [0.05, 0.1) is 5.69 Å². The molecular weight excluding hydrogens is 400 g/mol. The molecule has 4 aromatic carbocycles. The average Bonchev–Trinajstić information content (AvgIpc) is 2.82. The fourth-order valence-corrected chi connectivity index (χ4v) is 5.08. The maximum Gasteiger partial charge on any atom is 0.148 e. The lowest BCUT2D eigenvalue weighted by atomic mass is 9.83. The van der Waals surface area contributed by atoms with Gasteiger partial charge in [-0.2, -0.15) is 5.26 Å². The van der Waals surface area contributed by atoms with Crippen LogP contribution in [-0.4, -0.2) is 4.98 Å². The summed E-state index contributed by atoms with van der Waals surface area (Å²) in [5.41, 5.74) is 5.46. The van der Waals surface area contributed by atoms with Crippen LogP contribution >= 0.6 is 12.4 Å². The first-order valence-corrected chi connectivity index (χ1v) is 10.6. The van der Waals surface area contributed by atoms with Crippen molar-refractivity contribution < 1.29 is 0 Å². The van der Waals surface area contributed by atoms with E-state index in [1.165, 1.54) is 45.5 Å².